The van der Waals surface area contributed by atoms with Crippen LogP contribution < -0.4 is 15.4 Å². The zero-order valence-corrected chi connectivity index (χ0v) is 15.4. The third-order valence-electron chi connectivity index (χ3n) is 3.68. The highest BCUT2D eigenvalue weighted by molar-refractivity contribution is 5.73. The van der Waals surface area contributed by atoms with Crippen molar-refractivity contribution in [2.75, 3.05) is 17.2 Å². The van der Waals surface area contributed by atoms with E-state index in [9.17, 15) is 26.7 Å². The molecule has 0 fully saturated rings. The van der Waals surface area contributed by atoms with Gasteiger partial charge in [0.1, 0.15) is 18.1 Å². The minimum absolute atomic E-state index is 0.0473. The molecule has 3 N–H and O–H groups in total. The molecule has 3 rings (SSSR count). The van der Waals surface area contributed by atoms with E-state index in [2.05, 4.69) is 25.3 Å². The number of alkyl halides is 3. The van der Waals surface area contributed by atoms with Crippen LogP contribution in [0.25, 0.3) is 11.3 Å². The molecule has 162 valence electrons. The van der Waals surface area contributed by atoms with Gasteiger partial charge in [0, 0.05) is 23.4 Å². The monoisotopic (exact) mass is 440 g/mol. The van der Waals surface area contributed by atoms with Gasteiger partial charge in [-0.2, -0.15) is 4.98 Å². The number of benzene rings is 2. The predicted octanol–water partition coefficient (Wildman–Crippen LogP) is 4.56. The molecule has 0 amide bonds. The standard InChI is InChI=1S/C19H13F5N4O3/c20-13-5-4-11(7-14(13)21)26-16-8-15(27-18(28-16)25-9-17(29)30)10-2-1-3-12(6-10)31-19(22,23)24/h1-8H,9H2,(H,29,30)(H2,25,26,27,28). The third kappa shape index (κ3) is 6.26. The quantitative estimate of drug-likeness (QED) is 0.464. The maximum atomic E-state index is 13.5. The lowest BCUT2D eigenvalue weighted by Crippen LogP contribution is -2.17. The highest BCUT2D eigenvalue weighted by atomic mass is 19.4. The molecule has 0 unspecified atom stereocenters. The van der Waals surface area contributed by atoms with Gasteiger partial charge in [0.25, 0.3) is 0 Å². The van der Waals surface area contributed by atoms with E-state index in [-0.39, 0.29) is 28.7 Å². The number of carbonyl (C=O) groups is 1. The van der Waals surface area contributed by atoms with E-state index in [0.717, 1.165) is 24.3 Å². The van der Waals surface area contributed by atoms with E-state index in [1.54, 1.807) is 0 Å². The first-order valence-corrected chi connectivity index (χ1v) is 8.52. The molecule has 0 saturated carbocycles. The lowest BCUT2D eigenvalue weighted by atomic mass is 10.1. The Morgan fingerprint density at radius 3 is 2.48 bits per heavy atom. The summed E-state index contributed by atoms with van der Waals surface area (Å²) < 4.78 is 68.0. The van der Waals surface area contributed by atoms with Crippen LogP contribution in [0.15, 0.2) is 48.5 Å². The number of halogens is 5. The Hall–Kier alpha value is -3.96. The predicted molar refractivity (Wildman–Crippen MR) is 99.9 cm³/mol. The largest absolute Gasteiger partial charge is 0.573 e. The number of rotatable bonds is 7. The minimum atomic E-state index is -4.89. The smallest absolute Gasteiger partial charge is 0.480 e. The van der Waals surface area contributed by atoms with Crippen molar-refractivity contribution in [2.24, 2.45) is 0 Å². The fourth-order valence-corrected chi connectivity index (χ4v) is 2.47. The summed E-state index contributed by atoms with van der Waals surface area (Å²) in [4.78, 5) is 18.9. The number of hydrogen-bond donors (Lipinski definition) is 3. The van der Waals surface area contributed by atoms with Crippen molar-refractivity contribution in [3.8, 4) is 17.0 Å². The van der Waals surface area contributed by atoms with E-state index >= 15 is 0 Å². The summed E-state index contributed by atoms with van der Waals surface area (Å²) in [5.74, 6) is -3.97. The second-order valence-corrected chi connectivity index (χ2v) is 6.04. The summed E-state index contributed by atoms with van der Waals surface area (Å²) in [6.45, 7) is -0.536. The van der Waals surface area contributed by atoms with Gasteiger partial charge in [-0.15, -0.1) is 13.2 Å². The molecular weight excluding hydrogens is 427 g/mol. The van der Waals surface area contributed by atoms with Gasteiger partial charge in [0.15, 0.2) is 11.6 Å². The average Bonchev–Trinajstić information content (AvgIpc) is 2.68. The Balaban J connectivity index is 1.98. The van der Waals surface area contributed by atoms with Crippen molar-refractivity contribution in [2.45, 2.75) is 6.36 Å². The zero-order valence-electron chi connectivity index (χ0n) is 15.4. The zero-order chi connectivity index (χ0) is 22.6. The molecule has 1 heterocycles. The highest BCUT2D eigenvalue weighted by Gasteiger charge is 2.31. The number of hydrogen-bond acceptors (Lipinski definition) is 6. The summed E-state index contributed by atoms with van der Waals surface area (Å²) in [5, 5.41) is 14.0. The molecule has 0 bridgehead atoms. The first kappa shape index (κ1) is 21.7. The van der Waals surface area contributed by atoms with Gasteiger partial charge in [0.05, 0.1) is 5.69 Å². The molecule has 3 aromatic rings. The Kier molecular flexibility index (Phi) is 6.18. The second-order valence-electron chi connectivity index (χ2n) is 6.04. The molecular formula is C19H13F5N4O3. The van der Waals surface area contributed by atoms with Gasteiger partial charge in [-0.05, 0) is 24.3 Å². The summed E-state index contributed by atoms with van der Waals surface area (Å²) >= 11 is 0. The molecule has 7 nitrogen and oxygen atoms in total. The molecule has 0 spiro atoms. The van der Waals surface area contributed by atoms with Crippen LogP contribution in [0, 0.1) is 11.6 Å². The fraction of sp³-hybridized carbons (Fsp3) is 0.105. The van der Waals surface area contributed by atoms with Gasteiger partial charge in [-0.3, -0.25) is 4.79 Å². The van der Waals surface area contributed by atoms with Crippen LogP contribution in [0.5, 0.6) is 5.75 Å². The molecule has 0 aliphatic carbocycles. The third-order valence-corrected chi connectivity index (χ3v) is 3.68. The van der Waals surface area contributed by atoms with Gasteiger partial charge >= 0.3 is 12.3 Å². The van der Waals surface area contributed by atoms with Gasteiger partial charge < -0.3 is 20.5 Å². The van der Waals surface area contributed by atoms with E-state index in [0.29, 0.717) is 0 Å². The van der Waals surface area contributed by atoms with Crippen LogP contribution in [-0.4, -0.2) is 34.0 Å². The number of nitrogens with zero attached hydrogens (tertiary/aromatic N) is 2. The van der Waals surface area contributed by atoms with Crippen molar-refractivity contribution in [1.82, 2.24) is 9.97 Å². The van der Waals surface area contributed by atoms with Crippen LogP contribution in [-0.2, 0) is 4.79 Å². The highest BCUT2D eigenvalue weighted by Crippen LogP contribution is 2.29. The van der Waals surface area contributed by atoms with E-state index in [1.807, 2.05) is 0 Å². The number of aromatic nitrogens is 2. The van der Waals surface area contributed by atoms with E-state index in [4.69, 9.17) is 5.11 Å². The normalized spacial score (nSPS) is 11.1. The maximum absolute atomic E-state index is 13.5. The van der Waals surface area contributed by atoms with Gasteiger partial charge in [-0.1, -0.05) is 12.1 Å². The van der Waals surface area contributed by atoms with Crippen LogP contribution in [0.3, 0.4) is 0 Å². The number of ether oxygens (including phenoxy) is 1. The fourth-order valence-electron chi connectivity index (χ4n) is 2.47. The van der Waals surface area contributed by atoms with Crippen molar-refractivity contribution in [1.29, 1.82) is 0 Å². The van der Waals surface area contributed by atoms with Crippen LogP contribution in [0.2, 0.25) is 0 Å². The van der Waals surface area contributed by atoms with Crippen molar-refractivity contribution >= 4 is 23.4 Å². The van der Waals surface area contributed by atoms with Crippen LogP contribution in [0.1, 0.15) is 0 Å². The SMILES string of the molecule is O=C(O)CNc1nc(Nc2ccc(F)c(F)c2)cc(-c2cccc(OC(F)(F)F)c2)n1. The van der Waals surface area contributed by atoms with Crippen LogP contribution >= 0.6 is 0 Å². The lowest BCUT2D eigenvalue weighted by molar-refractivity contribution is -0.274. The summed E-state index contributed by atoms with van der Waals surface area (Å²) in [7, 11) is 0. The first-order chi connectivity index (χ1) is 14.6. The lowest BCUT2D eigenvalue weighted by Gasteiger charge is -2.12. The van der Waals surface area contributed by atoms with Crippen molar-refractivity contribution < 1.29 is 36.6 Å². The molecule has 0 aliphatic rings. The number of anilines is 3. The Morgan fingerprint density at radius 2 is 1.81 bits per heavy atom. The number of carboxylic acid groups (broad SMARTS) is 1. The second kappa shape index (κ2) is 8.81. The first-order valence-electron chi connectivity index (χ1n) is 8.52. The van der Waals surface area contributed by atoms with Crippen molar-refractivity contribution in [3.05, 3.63) is 60.2 Å². The maximum Gasteiger partial charge on any atom is 0.573 e. The Labute approximate surface area is 171 Å². The summed E-state index contributed by atoms with van der Waals surface area (Å²) in [6, 6.07) is 9.28. The van der Waals surface area contributed by atoms with Gasteiger partial charge in [-0.25, -0.2) is 13.8 Å². The molecule has 0 radical (unpaired) electrons. The molecule has 0 saturated heterocycles. The molecule has 0 aliphatic heterocycles. The van der Waals surface area contributed by atoms with Crippen LogP contribution in [0.4, 0.5) is 39.4 Å². The molecule has 1 aromatic heterocycles. The van der Waals surface area contributed by atoms with Gasteiger partial charge in [0.2, 0.25) is 5.95 Å². The number of nitrogens with one attached hydrogen (secondary N) is 2. The number of carboxylic acids is 1. The average molecular weight is 440 g/mol. The van der Waals surface area contributed by atoms with Crippen molar-refractivity contribution in [3.63, 3.8) is 0 Å². The molecule has 0 atom stereocenters. The Bertz CT molecular complexity index is 1110. The molecule has 31 heavy (non-hydrogen) atoms. The topological polar surface area (TPSA) is 96.4 Å². The van der Waals surface area contributed by atoms with E-state index < -0.39 is 36.3 Å². The minimum Gasteiger partial charge on any atom is -0.480 e. The molecule has 12 heteroatoms. The van der Waals surface area contributed by atoms with E-state index in [1.165, 1.54) is 24.3 Å². The molecule has 2 aromatic carbocycles. The summed E-state index contributed by atoms with van der Waals surface area (Å²) in [5.41, 5.74) is 0.443. The Morgan fingerprint density at radius 1 is 1.03 bits per heavy atom. The number of aliphatic carboxylic acids is 1. The summed E-state index contributed by atoms with van der Waals surface area (Å²) in [6.07, 6.45) is -4.89.